The van der Waals surface area contributed by atoms with Gasteiger partial charge in [-0.15, -0.1) is 0 Å². The molecule has 2 aromatic carbocycles. The smallest absolute Gasteiger partial charge is 0.264 e. The molecule has 3 heterocycles. The molecule has 0 saturated carbocycles. The number of amides is 2. The molecule has 4 atom stereocenters. The van der Waals surface area contributed by atoms with Crippen LogP contribution in [0.2, 0.25) is 18.6 Å². The number of fused-ring (bicyclic) bond motifs is 2. The number of halogens is 1. The maximum Gasteiger partial charge on any atom is 0.264 e. The van der Waals surface area contributed by atoms with E-state index in [4.69, 9.17) is 9.47 Å². The lowest BCUT2D eigenvalue weighted by molar-refractivity contribution is -0.146. The summed E-state index contributed by atoms with van der Waals surface area (Å²) in [5.41, 5.74) is 1.29. The third-order valence-electron chi connectivity index (χ3n) is 7.99. The SMILES string of the molecule is COc1ccc2c(c1)[C@@]1(O[C@H](CCO)[C@@H]([Si](C)(C)F)[C@@H]1C)C(=O)N2Cc1cccc(N2CCC2=O)c1. The fraction of sp³-hybridized carbons (Fsp3) is 0.481. The van der Waals surface area contributed by atoms with Crippen molar-refractivity contribution in [2.45, 2.75) is 56.7 Å². The van der Waals surface area contributed by atoms with E-state index in [1.807, 2.05) is 49.4 Å². The first-order valence-corrected chi connectivity index (χ1v) is 15.4. The Morgan fingerprint density at radius 2 is 2.00 bits per heavy atom. The van der Waals surface area contributed by atoms with Gasteiger partial charge in [-0.2, -0.15) is 0 Å². The molecule has 0 bridgehead atoms. The first-order valence-electron chi connectivity index (χ1n) is 12.5. The molecule has 36 heavy (non-hydrogen) atoms. The summed E-state index contributed by atoms with van der Waals surface area (Å²) in [6.45, 7) is 6.03. The van der Waals surface area contributed by atoms with E-state index >= 15 is 4.11 Å². The van der Waals surface area contributed by atoms with Crippen LogP contribution in [0.3, 0.4) is 0 Å². The van der Waals surface area contributed by atoms with Crippen LogP contribution in [0.15, 0.2) is 42.5 Å². The summed E-state index contributed by atoms with van der Waals surface area (Å²) in [6.07, 6.45) is 0.266. The molecule has 1 N–H and O–H groups in total. The summed E-state index contributed by atoms with van der Waals surface area (Å²) in [5.74, 6) is 0.0326. The van der Waals surface area contributed by atoms with Crippen LogP contribution in [0, 0.1) is 5.92 Å². The van der Waals surface area contributed by atoms with Crippen molar-refractivity contribution < 1.29 is 28.3 Å². The minimum absolute atomic E-state index is 0.0907. The van der Waals surface area contributed by atoms with Crippen LogP contribution in [0.4, 0.5) is 15.5 Å². The number of benzene rings is 2. The number of carbonyl (C=O) groups excluding carboxylic acids is 2. The Labute approximate surface area is 212 Å². The first-order chi connectivity index (χ1) is 17.1. The van der Waals surface area contributed by atoms with Crippen LogP contribution in [-0.2, 0) is 26.5 Å². The van der Waals surface area contributed by atoms with Crippen LogP contribution in [0.1, 0.15) is 30.9 Å². The second-order valence-corrected chi connectivity index (χ2v) is 14.3. The third kappa shape index (κ3) is 3.76. The van der Waals surface area contributed by atoms with Crippen molar-refractivity contribution in [3.8, 4) is 5.75 Å². The van der Waals surface area contributed by atoms with Crippen LogP contribution in [-0.4, -0.2) is 51.7 Å². The van der Waals surface area contributed by atoms with Crippen molar-refractivity contribution in [2.24, 2.45) is 5.92 Å². The van der Waals surface area contributed by atoms with E-state index in [0.717, 1.165) is 11.3 Å². The molecule has 192 valence electrons. The topological polar surface area (TPSA) is 79.3 Å². The molecular weight excluding hydrogens is 479 g/mol. The van der Waals surface area contributed by atoms with Crippen LogP contribution in [0.25, 0.3) is 0 Å². The van der Waals surface area contributed by atoms with Crippen molar-refractivity contribution in [1.29, 1.82) is 0 Å². The maximum absolute atomic E-state index is 15.6. The molecule has 3 aliphatic rings. The summed E-state index contributed by atoms with van der Waals surface area (Å²) in [4.78, 5) is 29.7. The number of nitrogens with zero attached hydrogens (tertiary/aromatic N) is 2. The van der Waals surface area contributed by atoms with Crippen molar-refractivity contribution in [1.82, 2.24) is 0 Å². The molecule has 1 spiro atoms. The zero-order valence-corrected chi connectivity index (χ0v) is 22.2. The lowest BCUT2D eigenvalue weighted by atomic mass is 9.82. The normalized spacial score (nSPS) is 27.6. The lowest BCUT2D eigenvalue weighted by Crippen LogP contribution is -2.45. The second-order valence-electron chi connectivity index (χ2n) is 10.5. The highest BCUT2D eigenvalue weighted by Crippen LogP contribution is 2.60. The monoisotopic (exact) mass is 512 g/mol. The van der Waals surface area contributed by atoms with Gasteiger partial charge in [0, 0.05) is 42.3 Å². The molecule has 0 radical (unpaired) electrons. The van der Waals surface area contributed by atoms with E-state index in [9.17, 15) is 14.7 Å². The first kappa shape index (κ1) is 24.9. The molecular formula is C27H33FN2O5Si. The number of β-lactam (4-membered cyclic amide) rings is 1. The van der Waals surface area contributed by atoms with E-state index in [-0.39, 0.29) is 31.4 Å². The van der Waals surface area contributed by atoms with E-state index in [2.05, 4.69) is 0 Å². The van der Waals surface area contributed by atoms with Crippen LogP contribution >= 0.6 is 0 Å². The number of anilines is 2. The highest BCUT2D eigenvalue weighted by molar-refractivity contribution is 6.72. The van der Waals surface area contributed by atoms with Crippen molar-refractivity contribution >= 4 is 31.6 Å². The average Bonchev–Trinajstić information content (AvgIpc) is 3.25. The van der Waals surface area contributed by atoms with E-state index in [1.165, 1.54) is 0 Å². The minimum Gasteiger partial charge on any atom is -0.497 e. The molecule has 5 rings (SSSR count). The van der Waals surface area contributed by atoms with Crippen LogP contribution in [0.5, 0.6) is 5.75 Å². The highest BCUT2D eigenvalue weighted by atomic mass is 28.4. The summed E-state index contributed by atoms with van der Waals surface area (Å²) in [5, 5.41) is 9.70. The van der Waals surface area contributed by atoms with Gasteiger partial charge in [-0.25, -0.2) is 0 Å². The molecule has 0 aliphatic carbocycles. The van der Waals surface area contributed by atoms with Crippen molar-refractivity contribution in [3.63, 3.8) is 0 Å². The van der Waals surface area contributed by atoms with Gasteiger partial charge in [-0.1, -0.05) is 19.1 Å². The molecule has 3 aliphatic heterocycles. The number of rotatable bonds is 7. The van der Waals surface area contributed by atoms with Gasteiger partial charge in [0.25, 0.3) is 5.91 Å². The molecule has 2 fully saturated rings. The summed E-state index contributed by atoms with van der Waals surface area (Å²) < 4.78 is 27.7. The highest BCUT2D eigenvalue weighted by Gasteiger charge is 2.66. The van der Waals surface area contributed by atoms with Gasteiger partial charge in [0.1, 0.15) is 5.75 Å². The lowest BCUT2D eigenvalue weighted by Gasteiger charge is -2.32. The molecule has 7 nitrogen and oxygen atoms in total. The maximum atomic E-state index is 15.6. The zero-order chi connectivity index (χ0) is 25.8. The van der Waals surface area contributed by atoms with Gasteiger partial charge in [0.05, 0.1) is 25.4 Å². The Hall–Kier alpha value is -2.75. The summed E-state index contributed by atoms with van der Waals surface area (Å²) >= 11 is 0. The van der Waals surface area contributed by atoms with Gasteiger partial charge in [-0.3, -0.25) is 9.59 Å². The summed E-state index contributed by atoms with van der Waals surface area (Å²) in [6, 6.07) is 13.1. The van der Waals surface area contributed by atoms with Gasteiger partial charge >= 0.3 is 0 Å². The fourth-order valence-electron chi connectivity index (χ4n) is 6.30. The summed E-state index contributed by atoms with van der Waals surface area (Å²) in [7, 11) is -1.68. The molecule has 9 heteroatoms. The number of ether oxygens (including phenoxy) is 2. The minimum atomic E-state index is -3.25. The van der Waals surface area contributed by atoms with Gasteiger partial charge in [0.2, 0.25) is 14.3 Å². The molecule has 0 unspecified atom stereocenters. The fourth-order valence-corrected chi connectivity index (χ4v) is 8.84. The molecule has 2 aromatic rings. The Bertz CT molecular complexity index is 1200. The molecule has 0 aromatic heterocycles. The number of carbonyl (C=O) groups is 2. The Morgan fingerprint density at radius 3 is 2.61 bits per heavy atom. The number of aliphatic hydroxyl groups is 1. The predicted molar refractivity (Wildman–Crippen MR) is 137 cm³/mol. The Morgan fingerprint density at radius 1 is 1.22 bits per heavy atom. The number of hydrogen-bond donors (Lipinski definition) is 1. The Balaban J connectivity index is 1.57. The number of aliphatic hydroxyl groups excluding tert-OH is 1. The van der Waals surface area contributed by atoms with Gasteiger partial charge < -0.3 is 28.5 Å². The quantitative estimate of drug-likeness (QED) is 0.343. The van der Waals surface area contributed by atoms with Crippen LogP contribution < -0.4 is 14.5 Å². The number of hydrogen-bond acceptors (Lipinski definition) is 5. The van der Waals surface area contributed by atoms with Crippen molar-refractivity contribution in [2.75, 3.05) is 30.1 Å². The van der Waals surface area contributed by atoms with Gasteiger partial charge in [-0.05, 0) is 55.4 Å². The van der Waals surface area contributed by atoms with Crippen molar-refractivity contribution in [3.05, 3.63) is 53.6 Å². The predicted octanol–water partition coefficient (Wildman–Crippen LogP) is 4.14. The zero-order valence-electron chi connectivity index (χ0n) is 21.2. The van der Waals surface area contributed by atoms with E-state index < -0.39 is 31.6 Å². The molecule has 2 saturated heterocycles. The standard InChI is InChI=1S/C27H33FN2O5Si/c1-17-25(36(3,4)28)23(11-13-31)35-27(17)21-15-20(34-2)8-9-22(21)30(26(27)33)16-18-6-5-7-19(14-18)29-12-10-24(29)32/h5-9,14-15,17,23,25,31H,10-13,16H2,1-4H3/t17-,23+,25-,27+/m0/s1. The third-order valence-corrected chi connectivity index (χ3v) is 10.5. The van der Waals surface area contributed by atoms with E-state index in [0.29, 0.717) is 30.0 Å². The average molecular weight is 513 g/mol. The van der Waals surface area contributed by atoms with E-state index in [1.54, 1.807) is 30.0 Å². The Kier molecular flexibility index (Phi) is 6.21. The molecule has 2 amide bonds. The largest absolute Gasteiger partial charge is 0.497 e. The number of methoxy groups -OCH3 is 1. The second kappa shape index (κ2) is 8.97. The van der Waals surface area contributed by atoms with Gasteiger partial charge in [0.15, 0.2) is 5.60 Å².